The van der Waals surface area contributed by atoms with Crippen LogP contribution < -0.4 is 9.46 Å². The monoisotopic (exact) mass is 311 g/mol. The number of benzene rings is 1. The summed E-state index contributed by atoms with van der Waals surface area (Å²) in [6.07, 6.45) is 0. The molecular formula is C14H17NO5S. The lowest BCUT2D eigenvalue weighted by Gasteiger charge is -2.09. The predicted octanol–water partition coefficient (Wildman–Crippen LogP) is 2.20. The highest BCUT2D eigenvalue weighted by Crippen LogP contribution is 2.29. The standard InChI is InChI=1S/C14H17NO5S/c1-9-13(8-16)14(10(2)20-9)21(17,18)15-11-5-4-6-12(7-11)19-3/h4-7,15-16H,8H2,1-3H3. The van der Waals surface area contributed by atoms with Crippen molar-refractivity contribution in [2.45, 2.75) is 25.3 Å². The molecule has 0 radical (unpaired) electrons. The summed E-state index contributed by atoms with van der Waals surface area (Å²) >= 11 is 0. The van der Waals surface area contributed by atoms with Gasteiger partial charge in [-0.2, -0.15) is 0 Å². The average Bonchev–Trinajstić information content (AvgIpc) is 2.73. The fourth-order valence-electron chi connectivity index (χ4n) is 2.14. The van der Waals surface area contributed by atoms with Gasteiger partial charge in [-0.3, -0.25) is 4.72 Å². The lowest BCUT2D eigenvalue weighted by molar-refractivity contribution is 0.276. The van der Waals surface area contributed by atoms with E-state index in [-0.39, 0.29) is 16.2 Å². The Bertz CT molecular complexity index is 749. The number of sulfonamides is 1. The van der Waals surface area contributed by atoms with Crippen LogP contribution in [0.2, 0.25) is 0 Å². The first-order valence-corrected chi connectivity index (χ1v) is 7.74. The van der Waals surface area contributed by atoms with Crippen molar-refractivity contribution in [3.63, 3.8) is 0 Å². The summed E-state index contributed by atoms with van der Waals surface area (Å²) in [6, 6.07) is 6.57. The quantitative estimate of drug-likeness (QED) is 0.883. The molecule has 6 nitrogen and oxygen atoms in total. The van der Waals surface area contributed by atoms with Crippen LogP contribution in [0, 0.1) is 13.8 Å². The summed E-state index contributed by atoms with van der Waals surface area (Å²) in [6.45, 7) is 2.76. The lowest BCUT2D eigenvalue weighted by atomic mass is 10.2. The topological polar surface area (TPSA) is 88.8 Å². The first-order chi connectivity index (χ1) is 9.89. The average molecular weight is 311 g/mol. The molecule has 21 heavy (non-hydrogen) atoms. The molecule has 2 aromatic rings. The zero-order chi connectivity index (χ0) is 15.6. The summed E-state index contributed by atoms with van der Waals surface area (Å²) in [5.74, 6) is 1.17. The largest absolute Gasteiger partial charge is 0.497 e. The van der Waals surface area contributed by atoms with Crippen LogP contribution in [0.1, 0.15) is 17.1 Å². The highest BCUT2D eigenvalue weighted by Gasteiger charge is 2.26. The molecule has 0 aliphatic rings. The van der Waals surface area contributed by atoms with Gasteiger partial charge >= 0.3 is 0 Å². The number of aryl methyl sites for hydroxylation is 2. The molecule has 0 aliphatic heterocycles. The van der Waals surface area contributed by atoms with Crippen LogP contribution in [-0.4, -0.2) is 20.6 Å². The Morgan fingerprint density at radius 3 is 2.62 bits per heavy atom. The predicted molar refractivity (Wildman–Crippen MR) is 77.9 cm³/mol. The van der Waals surface area contributed by atoms with Crippen LogP contribution in [0.15, 0.2) is 33.6 Å². The Morgan fingerprint density at radius 1 is 1.29 bits per heavy atom. The molecule has 1 aromatic heterocycles. The maximum atomic E-state index is 12.5. The van der Waals surface area contributed by atoms with Crippen molar-refractivity contribution >= 4 is 15.7 Å². The number of hydrogen-bond acceptors (Lipinski definition) is 5. The number of furan rings is 1. The third kappa shape index (κ3) is 3.03. The molecule has 0 aliphatic carbocycles. The van der Waals surface area contributed by atoms with Crippen LogP contribution >= 0.6 is 0 Å². The maximum absolute atomic E-state index is 12.5. The molecule has 0 amide bonds. The molecule has 0 bridgehead atoms. The normalized spacial score (nSPS) is 11.4. The van der Waals surface area contributed by atoms with Crippen LogP contribution in [0.25, 0.3) is 0 Å². The van der Waals surface area contributed by atoms with Gasteiger partial charge in [-0.25, -0.2) is 8.42 Å². The van der Waals surface area contributed by atoms with Gasteiger partial charge in [-0.15, -0.1) is 0 Å². The van der Waals surface area contributed by atoms with Crippen LogP contribution in [0.5, 0.6) is 5.75 Å². The minimum atomic E-state index is -3.85. The van der Waals surface area contributed by atoms with Crippen molar-refractivity contribution in [1.82, 2.24) is 0 Å². The van der Waals surface area contributed by atoms with Gasteiger partial charge in [0.2, 0.25) is 0 Å². The molecule has 0 saturated carbocycles. The van der Waals surface area contributed by atoms with Crippen molar-refractivity contribution in [2.75, 3.05) is 11.8 Å². The summed E-state index contributed by atoms with van der Waals surface area (Å²) in [4.78, 5) is -0.0229. The van der Waals surface area contributed by atoms with Gasteiger partial charge in [0.05, 0.1) is 19.4 Å². The van der Waals surface area contributed by atoms with E-state index in [9.17, 15) is 13.5 Å². The van der Waals surface area contributed by atoms with E-state index in [4.69, 9.17) is 9.15 Å². The Hall–Kier alpha value is -1.99. The molecule has 0 unspecified atom stereocenters. The van der Waals surface area contributed by atoms with Gasteiger partial charge < -0.3 is 14.3 Å². The third-order valence-electron chi connectivity index (χ3n) is 3.07. The van der Waals surface area contributed by atoms with Crippen LogP contribution in [0.4, 0.5) is 5.69 Å². The molecule has 0 spiro atoms. The van der Waals surface area contributed by atoms with E-state index in [0.29, 0.717) is 17.2 Å². The van der Waals surface area contributed by atoms with Crippen LogP contribution in [-0.2, 0) is 16.6 Å². The van der Waals surface area contributed by atoms with Gasteiger partial charge in [0.15, 0.2) is 0 Å². The molecule has 1 heterocycles. The van der Waals surface area contributed by atoms with Gasteiger partial charge in [0.1, 0.15) is 22.2 Å². The highest BCUT2D eigenvalue weighted by molar-refractivity contribution is 7.92. The Morgan fingerprint density at radius 2 is 2.00 bits per heavy atom. The fourth-order valence-corrected chi connectivity index (χ4v) is 3.63. The molecule has 1 aromatic carbocycles. The minimum absolute atomic E-state index is 0.0229. The number of ether oxygens (including phenoxy) is 1. The summed E-state index contributed by atoms with van der Waals surface area (Å²) in [7, 11) is -2.35. The number of rotatable bonds is 5. The van der Waals surface area contributed by atoms with Crippen LogP contribution in [0.3, 0.4) is 0 Å². The van der Waals surface area contributed by atoms with E-state index in [2.05, 4.69) is 4.72 Å². The van der Waals surface area contributed by atoms with Gasteiger partial charge in [0.25, 0.3) is 10.0 Å². The SMILES string of the molecule is COc1cccc(NS(=O)(=O)c2c(C)oc(C)c2CO)c1. The zero-order valence-corrected chi connectivity index (χ0v) is 12.8. The smallest absolute Gasteiger partial charge is 0.265 e. The Kier molecular flexibility index (Phi) is 4.24. The van der Waals surface area contributed by atoms with Crippen molar-refractivity contribution < 1.29 is 22.7 Å². The lowest BCUT2D eigenvalue weighted by Crippen LogP contribution is -2.15. The number of hydrogen-bond donors (Lipinski definition) is 2. The summed E-state index contributed by atoms with van der Waals surface area (Å²) in [5, 5.41) is 9.35. The third-order valence-corrected chi connectivity index (χ3v) is 4.65. The van der Waals surface area contributed by atoms with Gasteiger partial charge in [-0.1, -0.05) is 6.07 Å². The summed E-state index contributed by atoms with van der Waals surface area (Å²) in [5.41, 5.74) is 0.638. The minimum Gasteiger partial charge on any atom is -0.497 e. The summed E-state index contributed by atoms with van der Waals surface area (Å²) < 4.78 is 37.8. The van der Waals surface area contributed by atoms with Crippen molar-refractivity contribution in [1.29, 1.82) is 0 Å². The Labute approximate surface area is 123 Å². The van der Waals surface area contributed by atoms with E-state index in [1.54, 1.807) is 38.1 Å². The van der Waals surface area contributed by atoms with E-state index < -0.39 is 16.6 Å². The molecule has 2 N–H and O–H groups in total. The fraction of sp³-hybridized carbons (Fsp3) is 0.286. The van der Waals surface area contributed by atoms with E-state index in [1.807, 2.05) is 0 Å². The van der Waals surface area contributed by atoms with E-state index in [1.165, 1.54) is 7.11 Å². The van der Waals surface area contributed by atoms with Crippen molar-refractivity contribution in [2.24, 2.45) is 0 Å². The van der Waals surface area contributed by atoms with Gasteiger partial charge in [-0.05, 0) is 26.0 Å². The van der Waals surface area contributed by atoms with Crippen molar-refractivity contribution in [3.8, 4) is 5.75 Å². The first-order valence-electron chi connectivity index (χ1n) is 6.25. The number of methoxy groups -OCH3 is 1. The number of aliphatic hydroxyl groups is 1. The molecule has 0 saturated heterocycles. The van der Waals surface area contributed by atoms with Crippen molar-refractivity contribution in [3.05, 3.63) is 41.3 Å². The molecule has 0 atom stereocenters. The van der Waals surface area contributed by atoms with E-state index >= 15 is 0 Å². The van der Waals surface area contributed by atoms with E-state index in [0.717, 1.165) is 0 Å². The molecule has 2 rings (SSSR count). The maximum Gasteiger partial charge on any atom is 0.265 e. The number of nitrogens with one attached hydrogen (secondary N) is 1. The zero-order valence-electron chi connectivity index (χ0n) is 12.0. The highest BCUT2D eigenvalue weighted by atomic mass is 32.2. The second-order valence-corrected chi connectivity index (χ2v) is 6.14. The Balaban J connectivity index is 2.43. The molecule has 7 heteroatoms. The second-order valence-electron chi connectivity index (χ2n) is 4.52. The molecule has 0 fully saturated rings. The first kappa shape index (κ1) is 15.4. The second kappa shape index (κ2) is 5.79. The number of aliphatic hydroxyl groups excluding tert-OH is 1. The molecular weight excluding hydrogens is 294 g/mol. The number of anilines is 1. The molecule has 114 valence electrons. The van der Waals surface area contributed by atoms with Gasteiger partial charge in [0, 0.05) is 11.6 Å².